The molecule has 1 saturated heterocycles. The van der Waals surface area contributed by atoms with Gasteiger partial charge in [-0.3, -0.25) is 14.4 Å². The number of anilines is 1. The van der Waals surface area contributed by atoms with E-state index in [9.17, 15) is 32.7 Å². The summed E-state index contributed by atoms with van der Waals surface area (Å²) in [6.45, 7) is 0. The van der Waals surface area contributed by atoms with Crippen LogP contribution in [0.3, 0.4) is 0 Å². The zero-order valence-corrected chi connectivity index (χ0v) is 20.6. The number of imide groups is 1. The molecule has 11 heteroatoms. The quantitative estimate of drug-likeness (QED) is 0.451. The van der Waals surface area contributed by atoms with Crippen molar-refractivity contribution in [2.24, 2.45) is 29.6 Å². The number of nitrogens with one attached hydrogen (secondary N) is 1. The summed E-state index contributed by atoms with van der Waals surface area (Å²) < 4.78 is 41.3. The zero-order chi connectivity index (χ0) is 25.8. The standard InChI is InChI=1S/C26H19F3N2O4S2/c27-26(28,29)14-3-1-2-4-15(14)31-23(33)18-12-9-13(19(18)24(31)34)20-17(12)16(10-5-7-11(32)8-6-10)21-22(36-20)30-25(35)37-21/h1-8,12-13,16-20,32H,9H2,(H,30,35)/t12-,13-,16+,17+,18+,19+,20-/m1/s1. The second kappa shape index (κ2) is 7.73. The lowest BCUT2D eigenvalue weighted by Gasteiger charge is -2.43. The maximum atomic E-state index is 13.8. The molecule has 2 aliphatic heterocycles. The number of rotatable bonds is 2. The fraction of sp³-hybridized carbons (Fsp3) is 0.346. The van der Waals surface area contributed by atoms with Crippen LogP contribution in [0.4, 0.5) is 18.9 Å². The number of carbonyl (C=O) groups excluding carboxylic acids is 2. The topological polar surface area (TPSA) is 90.5 Å². The number of benzene rings is 2. The minimum absolute atomic E-state index is 0.0719. The maximum Gasteiger partial charge on any atom is 0.418 e. The van der Waals surface area contributed by atoms with Crippen LogP contribution in [0.1, 0.15) is 28.3 Å². The van der Waals surface area contributed by atoms with Crippen LogP contribution in [0.5, 0.6) is 5.75 Å². The Bertz CT molecular complexity index is 1510. The monoisotopic (exact) mass is 544 g/mol. The molecule has 0 radical (unpaired) electrons. The molecule has 2 N–H and O–H groups in total. The van der Waals surface area contributed by atoms with Crippen LogP contribution >= 0.6 is 23.1 Å². The second-order valence-electron chi connectivity index (χ2n) is 10.1. The average molecular weight is 545 g/mol. The Morgan fingerprint density at radius 3 is 2.32 bits per heavy atom. The van der Waals surface area contributed by atoms with E-state index in [1.54, 1.807) is 24.3 Å². The van der Waals surface area contributed by atoms with E-state index in [4.69, 9.17) is 0 Å². The first kappa shape index (κ1) is 23.1. The van der Waals surface area contributed by atoms with Crippen molar-refractivity contribution < 1.29 is 27.9 Å². The van der Waals surface area contributed by atoms with Gasteiger partial charge in [-0.25, -0.2) is 4.90 Å². The van der Waals surface area contributed by atoms with Crippen molar-refractivity contribution in [3.05, 3.63) is 74.2 Å². The molecular weight excluding hydrogens is 525 g/mol. The van der Waals surface area contributed by atoms with Crippen LogP contribution in [0.15, 0.2) is 58.4 Å². The van der Waals surface area contributed by atoms with Gasteiger partial charge in [-0.05, 0) is 54.0 Å². The zero-order valence-electron chi connectivity index (χ0n) is 18.9. The summed E-state index contributed by atoms with van der Waals surface area (Å²) in [5.74, 6) is -3.11. The van der Waals surface area contributed by atoms with E-state index in [-0.39, 0.29) is 39.5 Å². The number of hydrogen-bond donors (Lipinski definition) is 2. The summed E-state index contributed by atoms with van der Waals surface area (Å²) >= 11 is 2.63. The maximum absolute atomic E-state index is 13.8. The third kappa shape index (κ3) is 3.16. The largest absolute Gasteiger partial charge is 0.508 e. The molecule has 3 heterocycles. The van der Waals surface area contributed by atoms with Crippen molar-refractivity contribution in [1.29, 1.82) is 0 Å². The number of thioether (sulfide) groups is 1. The number of phenols is 1. The van der Waals surface area contributed by atoms with Crippen molar-refractivity contribution >= 4 is 40.6 Å². The molecule has 7 atom stereocenters. The fourth-order valence-corrected chi connectivity index (χ4v) is 10.1. The highest BCUT2D eigenvalue weighted by molar-refractivity contribution is 8.00. The minimum Gasteiger partial charge on any atom is -0.508 e. The number of aromatic amines is 1. The molecular formula is C26H19F3N2O4S2. The molecule has 6 nitrogen and oxygen atoms in total. The van der Waals surface area contributed by atoms with Crippen molar-refractivity contribution in [2.75, 3.05) is 4.90 Å². The van der Waals surface area contributed by atoms with Crippen LogP contribution < -0.4 is 9.77 Å². The van der Waals surface area contributed by atoms with E-state index < -0.39 is 41.1 Å². The number of phenolic OH excluding ortho intramolecular Hbond substituents is 1. The first-order valence-electron chi connectivity index (χ1n) is 11.9. The lowest BCUT2D eigenvalue weighted by molar-refractivity contribution is -0.137. The lowest BCUT2D eigenvalue weighted by atomic mass is 9.68. The van der Waals surface area contributed by atoms with E-state index in [1.807, 2.05) is 0 Å². The summed E-state index contributed by atoms with van der Waals surface area (Å²) in [7, 11) is 0. The number of carbonyl (C=O) groups is 2. The molecule has 0 spiro atoms. The molecule has 7 rings (SSSR count). The second-order valence-corrected chi connectivity index (χ2v) is 12.3. The fourth-order valence-electron chi connectivity index (χ4n) is 7.22. The number of amides is 2. The predicted octanol–water partition coefficient (Wildman–Crippen LogP) is 4.84. The van der Waals surface area contributed by atoms with E-state index in [1.165, 1.54) is 30.0 Å². The SMILES string of the molecule is O=C1[C@H]2[C@H]3C[C@@H]([C@@H]2C(=O)N1c1ccccc1C(F)(F)F)[C@H]1[C@H](c2ccc(O)cc2)c2sc(=O)[nH]c2S[C@H]31. The number of H-pyrrole nitrogens is 1. The summed E-state index contributed by atoms with van der Waals surface area (Å²) in [6.07, 6.45) is -4.07. The third-order valence-corrected chi connectivity index (χ3v) is 11.0. The first-order chi connectivity index (χ1) is 17.6. The number of para-hydroxylation sites is 1. The van der Waals surface area contributed by atoms with Gasteiger partial charge in [0, 0.05) is 16.0 Å². The molecule has 3 aromatic rings. The van der Waals surface area contributed by atoms with Crippen LogP contribution in [-0.4, -0.2) is 27.2 Å². The Kier molecular flexibility index (Phi) is 4.83. The van der Waals surface area contributed by atoms with Gasteiger partial charge in [0.1, 0.15) is 5.75 Å². The highest BCUT2D eigenvalue weighted by Crippen LogP contribution is 2.68. The molecule has 2 aliphatic carbocycles. The lowest BCUT2D eigenvalue weighted by Crippen LogP contribution is -2.42. The molecule has 1 aromatic heterocycles. The molecule has 2 aromatic carbocycles. The number of alkyl halides is 3. The molecule has 2 bridgehead atoms. The average Bonchev–Trinajstić information content (AvgIpc) is 3.58. The molecule has 4 aliphatic rings. The van der Waals surface area contributed by atoms with E-state index in [0.29, 0.717) is 6.42 Å². The van der Waals surface area contributed by atoms with Crippen molar-refractivity contribution in [2.45, 2.75) is 28.8 Å². The Balaban J connectivity index is 1.32. The summed E-state index contributed by atoms with van der Waals surface area (Å²) in [6, 6.07) is 11.5. The summed E-state index contributed by atoms with van der Waals surface area (Å²) in [5.41, 5.74) is -0.518. The van der Waals surface area contributed by atoms with Crippen LogP contribution in [-0.2, 0) is 15.8 Å². The first-order valence-corrected chi connectivity index (χ1v) is 13.6. The number of hydrogen-bond acceptors (Lipinski definition) is 6. The molecule has 0 unspecified atom stereocenters. The van der Waals surface area contributed by atoms with E-state index >= 15 is 0 Å². The van der Waals surface area contributed by atoms with Crippen LogP contribution in [0.2, 0.25) is 0 Å². The van der Waals surface area contributed by atoms with Crippen LogP contribution in [0, 0.1) is 29.6 Å². The van der Waals surface area contributed by atoms with Crippen molar-refractivity contribution in [3.63, 3.8) is 0 Å². The van der Waals surface area contributed by atoms with Gasteiger partial charge < -0.3 is 10.1 Å². The molecule has 2 saturated carbocycles. The van der Waals surface area contributed by atoms with Gasteiger partial charge >= 0.3 is 11.0 Å². The Morgan fingerprint density at radius 2 is 1.62 bits per heavy atom. The number of aromatic hydroxyl groups is 1. The minimum atomic E-state index is -4.71. The Hall–Kier alpha value is -3.05. The number of aromatic nitrogens is 1. The normalized spacial score (nSPS) is 32.0. The van der Waals surface area contributed by atoms with E-state index in [0.717, 1.165) is 37.8 Å². The highest BCUT2D eigenvalue weighted by atomic mass is 32.2. The molecule has 190 valence electrons. The van der Waals surface area contributed by atoms with Gasteiger partial charge in [0.15, 0.2) is 0 Å². The Morgan fingerprint density at radius 1 is 0.946 bits per heavy atom. The van der Waals surface area contributed by atoms with Gasteiger partial charge in [0.25, 0.3) is 0 Å². The van der Waals surface area contributed by atoms with Crippen molar-refractivity contribution in [3.8, 4) is 5.75 Å². The molecule has 2 amide bonds. The highest BCUT2D eigenvalue weighted by Gasteiger charge is 2.70. The predicted molar refractivity (Wildman–Crippen MR) is 131 cm³/mol. The van der Waals surface area contributed by atoms with Crippen LogP contribution in [0.25, 0.3) is 0 Å². The Labute approximate surface area is 216 Å². The summed E-state index contributed by atoms with van der Waals surface area (Å²) in [4.78, 5) is 44.0. The smallest absolute Gasteiger partial charge is 0.418 e. The number of fused-ring (bicyclic) bond motifs is 9. The van der Waals surface area contributed by atoms with Gasteiger partial charge in [0.2, 0.25) is 11.8 Å². The number of nitrogens with zero attached hydrogens (tertiary/aromatic N) is 1. The van der Waals surface area contributed by atoms with Gasteiger partial charge in [0.05, 0.1) is 28.1 Å². The van der Waals surface area contributed by atoms with Gasteiger partial charge in [-0.2, -0.15) is 13.2 Å². The van der Waals surface area contributed by atoms with E-state index in [2.05, 4.69) is 4.98 Å². The van der Waals surface area contributed by atoms with Gasteiger partial charge in [-0.1, -0.05) is 35.6 Å². The third-order valence-electron chi connectivity index (χ3n) is 8.43. The summed E-state index contributed by atoms with van der Waals surface area (Å²) in [5, 5.41) is 10.5. The molecule has 3 fully saturated rings. The number of thiazole rings is 1. The van der Waals surface area contributed by atoms with Gasteiger partial charge in [-0.15, -0.1) is 11.8 Å². The number of halogens is 3. The van der Waals surface area contributed by atoms with Crippen molar-refractivity contribution in [1.82, 2.24) is 4.98 Å². The molecule has 37 heavy (non-hydrogen) atoms.